The van der Waals surface area contributed by atoms with E-state index in [4.69, 9.17) is 9.72 Å². The quantitative estimate of drug-likeness (QED) is 0.527. The van der Waals surface area contributed by atoms with Gasteiger partial charge in [-0.25, -0.2) is 19.2 Å². The fourth-order valence-electron chi connectivity index (χ4n) is 4.87. The Morgan fingerprint density at radius 2 is 2.00 bits per heavy atom. The van der Waals surface area contributed by atoms with Gasteiger partial charge in [0.15, 0.2) is 5.82 Å². The Hall–Kier alpha value is -3.17. The number of hydrogen-bond acceptors (Lipinski definition) is 6. The third-order valence-electron chi connectivity index (χ3n) is 6.26. The Kier molecular flexibility index (Phi) is 6.53. The van der Waals surface area contributed by atoms with Gasteiger partial charge in [0.2, 0.25) is 0 Å². The van der Waals surface area contributed by atoms with Crippen molar-refractivity contribution in [1.29, 1.82) is 0 Å². The van der Waals surface area contributed by atoms with Crippen molar-refractivity contribution in [3.63, 3.8) is 0 Å². The third-order valence-corrected chi connectivity index (χ3v) is 6.26. The van der Waals surface area contributed by atoms with Crippen LogP contribution in [0.3, 0.4) is 0 Å². The maximum Gasteiger partial charge on any atom is 0.404 e. The summed E-state index contributed by atoms with van der Waals surface area (Å²) in [5, 5.41) is 22.9. The standard InChI is InChI=1S/C23H23FN4O4.ClH/c24-14-5-6-17-16(11-14)22(27-21(25-17)15-3-1-2-4-19(15)29)28-9-7-18(26-23(30)31)20(28)13-8-10-32-12-13;/h1-6,11,13,18,20,26,29H,7-10,12H2,(H,30,31);1H. The Labute approximate surface area is 195 Å². The van der Waals surface area contributed by atoms with Crippen molar-refractivity contribution < 1.29 is 24.1 Å². The lowest BCUT2D eigenvalue weighted by atomic mass is 9.93. The van der Waals surface area contributed by atoms with Gasteiger partial charge in [0.05, 0.1) is 29.8 Å². The van der Waals surface area contributed by atoms with Gasteiger partial charge in [-0.15, -0.1) is 12.4 Å². The summed E-state index contributed by atoms with van der Waals surface area (Å²) in [5.41, 5.74) is 1.02. The average Bonchev–Trinajstić information content (AvgIpc) is 3.43. The van der Waals surface area contributed by atoms with Gasteiger partial charge in [-0.1, -0.05) is 12.1 Å². The molecule has 3 heterocycles. The number of carboxylic acid groups (broad SMARTS) is 1. The Bertz CT molecular complexity index is 1170. The highest BCUT2D eigenvalue weighted by Crippen LogP contribution is 2.38. The summed E-state index contributed by atoms with van der Waals surface area (Å²) in [6.45, 7) is 1.70. The van der Waals surface area contributed by atoms with Crippen molar-refractivity contribution in [2.24, 2.45) is 5.92 Å². The molecule has 2 aromatic carbocycles. The average molecular weight is 475 g/mol. The lowest BCUT2D eigenvalue weighted by Crippen LogP contribution is -2.49. The van der Waals surface area contributed by atoms with E-state index in [2.05, 4.69) is 10.3 Å². The van der Waals surface area contributed by atoms with Crippen LogP contribution in [0, 0.1) is 11.7 Å². The minimum atomic E-state index is -1.07. The lowest BCUT2D eigenvalue weighted by Gasteiger charge is -2.33. The van der Waals surface area contributed by atoms with Crippen LogP contribution in [0.4, 0.5) is 15.0 Å². The molecule has 0 bridgehead atoms. The van der Waals surface area contributed by atoms with Gasteiger partial charge in [-0.05, 0) is 43.2 Å². The number of phenolic OH excluding ortho intramolecular Hbond substituents is 1. The van der Waals surface area contributed by atoms with Crippen LogP contribution in [0.5, 0.6) is 5.75 Å². The number of benzene rings is 2. The molecule has 3 aromatic rings. The fraction of sp³-hybridized carbons (Fsp3) is 0.348. The maximum atomic E-state index is 14.2. The number of nitrogens with zero attached hydrogens (tertiary/aromatic N) is 3. The van der Waals surface area contributed by atoms with Gasteiger partial charge in [0.1, 0.15) is 17.4 Å². The number of aromatic nitrogens is 2. The first-order chi connectivity index (χ1) is 15.5. The SMILES string of the molecule is Cl.O=C(O)NC1CCN(c2nc(-c3ccccc3O)nc3ccc(F)cc23)C1C1CCOC1. The number of hydrogen-bond donors (Lipinski definition) is 3. The first-order valence-electron chi connectivity index (χ1n) is 10.6. The zero-order valence-electron chi connectivity index (χ0n) is 17.6. The van der Waals surface area contributed by atoms with E-state index in [0.717, 1.165) is 6.42 Å². The number of amides is 1. The summed E-state index contributed by atoms with van der Waals surface area (Å²) in [7, 11) is 0. The molecule has 1 amide bonds. The van der Waals surface area contributed by atoms with Crippen molar-refractivity contribution >= 4 is 35.2 Å². The van der Waals surface area contributed by atoms with Crippen LogP contribution in [0.15, 0.2) is 42.5 Å². The molecule has 0 aliphatic carbocycles. The van der Waals surface area contributed by atoms with E-state index in [0.29, 0.717) is 54.3 Å². The zero-order valence-corrected chi connectivity index (χ0v) is 18.5. The van der Waals surface area contributed by atoms with Gasteiger partial charge < -0.3 is 25.2 Å². The number of fused-ring (bicyclic) bond motifs is 1. The molecule has 10 heteroatoms. The van der Waals surface area contributed by atoms with Crippen LogP contribution in [0.1, 0.15) is 12.8 Å². The number of phenols is 1. The van der Waals surface area contributed by atoms with Crippen LogP contribution < -0.4 is 10.2 Å². The second kappa shape index (κ2) is 9.36. The molecule has 2 saturated heterocycles. The van der Waals surface area contributed by atoms with Crippen LogP contribution in [-0.2, 0) is 4.74 Å². The highest BCUT2D eigenvalue weighted by Gasteiger charge is 2.43. The van der Waals surface area contributed by atoms with Gasteiger partial charge in [-0.2, -0.15) is 0 Å². The minimum absolute atomic E-state index is 0. The molecule has 2 fully saturated rings. The number of carbonyl (C=O) groups is 1. The predicted octanol–water partition coefficient (Wildman–Crippen LogP) is 3.81. The van der Waals surface area contributed by atoms with Crippen molar-refractivity contribution in [1.82, 2.24) is 15.3 Å². The lowest BCUT2D eigenvalue weighted by molar-refractivity contribution is 0.171. The van der Waals surface area contributed by atoms with E-state index in [9.17, 15) is 19.4 Å². The van der Waals surface area contributed by atoms with Crippen molar-refractivity contribution in [3.8, 4) is 17.1 Å². The highest BCUT2D eigenvalue weighted by atomic mass is 35.5. The first-order valence-corrected chi connectivity index (χ1v) is 10.6. The molecule has 2 aliphatic rings. The van der Waals surface area contributed by atoms with Crippen molar-refractivity contribution in [3.05, 3.63) is 48.3 Å². The number of para-hydroxylation sites is 1. The minimum Gasteiger partial charge on any atom is -0.507 e. The molecule has 33 heavy (non-hydrogen) atoms. The second-order valence-corrected chi connectivity index (χ2v) is 8.20. The monoisotopic (exact) mass is 474 g/mol. The topological polar surface area (TPSA) is 108 Å². The van der Waals surface area contributed by atoms with Crippen LogP contribution in [-0.4, -0.2) is 58.1 Å². The molecule has 0 spiro atoms. The van der Waals surface area contributed by atoms with Crippen LogP contribution >= 0.6 is 12.4 Å². The Morgan fingerprint density at radius 1 is 1.18 bits per heavy atom. The molecule has 2 aliphatic heterocycles. The van der Waals surface area contributed by atoms with E-state index >= 15 is 0 Å². The van der Waals surface area contributed by atoms with Gasteiger partial charge >= 0.3 is 6.09 Å². The number of nitrogens with one attached hydrogen (secondary N) is 1. The molecule has 5 rings (SSSR count). The molecule has 8 nitrogen and oxygen atoms in total. The molecule has 3 unspecified atom stereocenters. The largest absolute Gasteiger partial charge is 0.507 e. The summed E-state index contributed by atoms with van der Waals surface area (Å²) >= 11 is 0. The molecule has 0 saturated carbocycles. The van der Waals surface area contributed by atoms with E-state index in [1.54, 1.807) is 30.3 Å². The summed E-state index contributed by atoms with van der Waals surface area (Å²) < 4.78 is 19.8. The fourth-order valence-corrected chi connectivity index (χ4v) is 4.87. The molecule has 3 N–H and O–H groups in total. The van der Waals surface area contributed by atoms with E-state index in [1.807, 2.05) is 4.90 Å². The van der Waals surface area contributed by atoms with E-state index in [-0.39, 0.29) is 36.2 Å². The third kappa shape index (κ3) is 4.38. The molecule has 0 radical (unpaired) electrons. The van der Waals surface area contributed by atoms with Crippen LogP contribution in [0.2, 0.25) is 0 Å². The van der Waals surface area contributed by atoms with Gasteiger partial charge in [-0.3, -0.25) is 0 Å². The van der Waals surface area contributed by atoms with Gasteiger partial charge in [0, 0.05) is 24.5 Å². The summed E-state index contributed by atoms with van der Waals surface area (Å²) in [6.07, 6.45) is 0.331. The molecule has 174 valence electrons. The summed E-state index contributed by atoms with van der Waals surface area (Å²) in [5.74, 6) is 0.611. The number of aromatic hydroxyl groups is 1. The van der Waals surface area contributed by atoms with Crippen molar-refractivity contribution in [2.45, 2.75) is 24.9 Å². The summed E-state index contributed by atoms with van der Waals surface area (Å²) in [6, 6.07) is 10.6. The highest BCUT2D eigenvalue weighted by molar-refractivity contribution is 5.92. The number of anilines is 1. The molecular formula is C23H24ClFN4O4. The molecule has 3 atom stereocenters. The summed E-state index contributed by atoms with van der Waals surface area (Å²) in [4.78, 5) is 22.8. The van der Waals surface area contributed by atoms with Gasteiger partial charge in [0.25, 0.3) is 0 Å². The van der Waals surface area contributed by atoms with E-state index in [1.165, 1.54) is 12.1 Å². The smallest absolute Gasteiger partial charge is 0.404 e. The van der Waals surface area contributed by atoms with E-state index < -0.39 is 11.9 Å². The number of ether oxygens (including phenoxy) is 1. The normalized spacial score (nSPS) is 22.3. The maximum absolute atomic E-state index is 14.2. The Morgan fingerprint density at radius 3 is 2.73 bits per heavy atom. The van der Waals surface area contributed by atoms with Crippen LogP contribution in [0.25, 0.3) is 22.3 Å². The molecular weight excluding hydrogens is 451 g/mol. The Balaban J connectivity index is 0.00000259. The zero-order chi connectivity index (χ0) is 22.2. The molecule has 1 aromatic heterocycles. The number of halogens is 2. The second-order valence-electron chi connectivity index (χ2n) is 8.20. The predicted molar refractivity (Wildman–Crippen MR) is 123 cm³/mol. The number of rotatable bonds is 4. The first kappa shape index (κ1) is 23.0. The van der Waals surface area contributed by atoms with Crippen molar-refractivity contribution in [2.75, 3.05) is 24.7 Å².